The number of hydrogen-bond donors (Lipinski definition) is 0. The van der Waals surface area contributed by atoms with Crippen molar-refractivity contribution in [2.24, 2.45) is 0 Å². The molecule has 0 unspecified atom stereocenters. The third kappa shape index (κ3) is 2.23. The minimum atomic E-state index is -3.37. The van der Waals surface area contributed by atoms with Gasteiger partial charge in [0.1, 0.15) is 7.63 Å². The summed E-state index contributed by atoms with van der Waals surface area (Å²) in [6.45, 7) is 6.37. The van der Waals surface area contributed by atoms with Gasteiger partial charge in [-0.2, -0.15) is 0 Å². The van der Waals surface area contributed by atoms with Crippen molar-refractivity contribution in [3.8, 4) is 0 Å². The lowest BCUT2D eigenvalue weighted by molar-refractivity contribution is 0.612. The molecule has 9 heavy (non-hydrogen) atoms. The molecule has 0 N–H and O–H groups in total. The Labute approximate surface area is 70.8 Å². The van der Waals surface area contributed by atoms with Crippen LogP contribution >= 0.6 is 31.9 Å². The molecule has 0 radical (unpaired) electrons. The molecule has 0 spiro atoms. The molecule has 0 aliphatic carbocycles. The monoisotopic (exact) mass is 274 g/mol. The highest BCUT2D eigenvalue weighted by Crippen LogP contribution is 2.22. The van der Waals surface area contributed by atoms with E-state index in [0.29, 0.717) is 0 Å². The fraction of sp³-hybridized carbons (Fsp3) is 0. The van der Waals surface area contributed by atoms with E-state index in [1.165, 1.54) is 0 Å². The summed E-state index contributed by atoms with van der Waals surface area (Å²) in [5.41, 5.74) is 0. The lowest BCUT2D eigenvalue weighted by atomic mass is 11.2. The zero-order valence-corrected chi connectivity index (χ0v) is 8.38. The third-order valence-corrected chi connectivity index (χ3v) is 4.31. The summed E-state index contributed by atoms with van der Waals surface area (Å²) < 4.78 is 21.3. The molecular weight excluding hydrogens is 272 g/mol. The van der Waals surface area contributed by atoms with Crippen molar-refractivity contribution >= 4 is 41.7 Å². The molecule has 5 heteroatoms. The molecule has 0 bridgehead atoms. The Morgan fingerprint density at radius 1 is 1.11 bits per heavy atom. The maximum absolute atomic E-state index is 10.7. The fourth-order valence-corrected chi connectivity index (χ4v) is 2.18. The van der Waals surface area contributed by atoms with Gasteiger partial charge in [-0.25, -0.2) is 8.42 Å². The van der Waals surface area contributed by atoms with Gasteiger partial charge in [0, 0.05) is 0 Å². The quantitative estimate of drug-likeness (QED) is 0.774. The van der Waals surface area contributed by atoms with Gasteiger partial charge in [0.25, 0.3) is 0 Å². The maximum Gasteiger partial charge on any atom is 0.218 e. The number of sulfone groups is 1. The van der Waals surface area contributed by atoms with E-state index in [1.54, 1.807) is 0 Å². The second-order valence-electron chi connectivity index (χ2n) is 1.21. The molecule has 0 aromatic carbocycles. The second-order valence-corrected chi connectivity index (χ2v) is 6.17. The minimum Gasteiger partial charge on any atom is -0.217 e. The Balaban J connectivity index is 4.87. The predicted molar refractivity (Wildman–Crippen MR) is 45.1 cm³/mol. The highest BCUT2D eigenvalue weighted by atomic mass is 79.9. The Morgan fingerprint density at radius 2 is 1.33 bits per heavy atom. The molecule has 0 aromatic rings. The van der Waals surface area contributed by atoms with Crippen LogP contribution in [0.25, 0.3) is 0 Å². The van der Waals surface area contributed by atoms with Crippen LogP contribution in [-0.2, 0) is 9.84 Å². The van der Waals surface area contributed by atoms with E-state index in [1.807, 2.05) is 0 Å². The molecule has 0 aliphatic rings. The maximum atomic E-state index is 10.7. The van der Waals surface area contributed by atoms with Crippen LogP contribution in [0.2, 0.25) is 0 Å². The highest BCUT2D eigenvalue weighted by molar-refractivity contribution is 9.16. The van der Waals surface area contributed by atoms with Crippen molar-refractivity contribution in [3.05, 3.63) is 20.8 Å². The largest absolute Gasteiger partial charge is 0.218 e. The van der Waals surface area contributed by atoms with Gasteiger partial charge in [0.15, 0.2) is 0 Å². The molecular formula is C4H4Br2O2S. The van der Waals surface area contributed by atoms with Crippen LogP contribution in [0.4, 0.5) is 0 Å². The van der Waals surface area contributed by atoms with Gasteiger partial charge in [0.05, 0.1) is 0 Å². The summed E-state index contributed by atoms with van der Waals surface area (Å²) in [6, 6.07) is 0. The Morgan fingerprint density at radius 3 is 1.33 bits per heavy atom. The molecule has 0 atom stereocenters. The van der Waals surface area contributed by atoms with Crippen LogP contribution in [0.15, 0.2) is 20.8 Å². The molecule has 2 nitrogen and oxygen atoms in total. The van der Waals surface area contributed by atoms with E-state index in [4.69, 9.17) is 0 Å². The van der Waals surface area contributed by atoms with E-state index in [2.05, 4.69) is 45.0 Å². The van der Waals surface area contributed by atoms with E-state index >= 15 is 0 Å². The molecule has 0 aromatic heterocycles. The first-order valence-corrected chi connectivity index (χ1v) is 4.90. The van der Waals surface area contributed by atoms with Crippen LogP contribution in [0.3, 0.4) is 0 Å². The van der Waals surface area contributed by atoms with Crippen molar-refractivity contribution in [3.63, 3.8) is 0 Å². The summed E-state index contributed by atoms with van der Waals surface area (Å²) in [6.07, 6.45) is 0. The lowest BCUT2D eigenvalue weighted by Crippen LogP contribution is -1.95. The van der Waals surface area contributed by atoms with Crippen LogP contribution in [0, 0.1) is 0 Å². The van der Waals surface area contributed by atoms with Crippen molar-refractivity contribution in [2.45, 2.75) is 0 Å². The average molecular weight is 276 g/mol. The zero-order valence-electron chi connectivity index (χ0n) is 4.39. The molecule has 52 valence electrons. The molecule has 0 aliphatic heterocycles. The minimum absolute atomic E-state index is 0.0862. The third-order valence-electron chi connectivity index (χ3n) is 0.583. The van der Waals surface area contributed by atoms with Crippen molar-refractivity contribution in [1.29, 1.82) is 0 Å². The number of halogens is 2. The van der Waals surface area contributed by atoms with Crippen LogP contribution in [0.5, 0.6) is 0 Å². The van der Waals surface area contributed by atoms with Crippen LogP contribution in [0.1, 0.15) is 0 Å². The van der Waals surface area contributed by atoms with Gasteiger partial charge in [-0.1, -0.05) is 13.2 Å². The average Bonchev–Trinajstić information content (AvgIpc) is 1.65. The van der Waals surface area contributed by atoms with E-state index in [0.717, 1.165) is 0 Å². The summed E-state index contributed by atoms with van der Waals surface area (Å²) in [4.78, 5) is 0. The first kappa shape index (κ1) is 9.39. The normalized spacial score (nSPS) is 10.9. The molecule has 0 fully saturated rings. The van der Waals surface area contributed by atoms with Gasteiger partial charge in [-0.15, -0.1) is 0 Å². The summed E-state index contributed by atoms with van der Waals surface area (Å²) >= 11 is 5.45. The summed E-state index contributed by atoms with van der Waals surface area (Å²) in [5.74, 6) is 0. The second kappa shape index (κ2) is 2.98. The van der Waals surface area contributed by atoms with Gasteiger partial charge in [-0.05, 0) is 31.9 Å². The first-order chi connectivity index (χ1) is 3.89. The Kier molecular flexibility index (Phi) is 3.11. The Hall–Kier alpha value is 0.390. The van der Waals surface area contributed by atoms with Crippen molar-refractivity contribution in [1.82, 2.24) is 0 Å². The predicted octanol–water partition coefficient (Wildman–Crippen LogP) is 2.13. The SMILES string of the molecule is C=C(Br)S(=O)(=O)C(=C)Br. The first-order valence-electron chi connectivity index (χ1n) is 1.83. The molecule has 0 rings (SSSR count). The van der Waals surface area contributed by atoms with E-state index in [-0.39, 0.29) is 7.63 Å². The van der Waals surface area contributed by atoms with E-state index < -0.39 is 9.84 Å². The van der Waals surface area contributed by atoms with Gasteiger partial charge in [-0.3, -0.25) is 0 Å². The fourth-order valence-electron chi connectivity index (χ4n) is 0.120. The smallest absolute Gasteiger partial charge is 0.217 e. The van der Waals surface area contributed by atoms with Crippen LogP contribution in [-0.4, -0.2) is 8.42 Å². The zero-order chi connectivity index (χ0) is 7.65. The lowest BCUT2D eigenvalue weighted by Gasteiger charge is -1.94. The van der Waals surface area contributed by atoms with Gasteiger partial charge >= 0.3 is 0 Å². The van der Waals surface area contributed by atoms with Gasteiger partial charge < -0.3 is 0 Å². The number of rotatable bonds is 2. The molecule has 0 amide bonds. The standard InChI is InChI=1S/C4H4Br2O2S/c1-3(5)9(7,8)4(2)6/h1-2H2. The molecule has 0 saturated carbocycles. The topological polar surface area (TPSA) is 34.1 Å². The van der Waals surface area contributed by atoms with Crippen molar-refractivity contribution in [2.75, 3.05) is 0 Å². The van der Waals surface area contributed by atoms with Crippen molar-refractivity contribution < 1.29 is 8.42 Å². The Bertz CT molecular complexity index is 219. The summed E-state index contributed by atoms with van der Waals surface area (Å²) in [5, 5.41) is 0. The molecule has 0 saturated heterocycles. The molecule has 0 heterocycles. The highest BCUT2D eigenvalue weighted by Gasteiger charge is 2.14. The summed E-state index contributed by atoms with van der Waals surface area (Å²) in [7, 11) is -3.37. The van der Waals surface area contributed by atoms with Crippen LogP contribution < -0.4 is 0 Å². The van der Waals surface area contributed by atoms with Gasteiger partial charge in [0.2, 0.25) is 9.84 Å². The van der Waals surface area contributed by atoms with E-state index in [9.17, 15) is 8.42 Å². The number of hydrogen-bond acceptors (Lipinski definition) is 2.